The zero-order valence-electron chi connectivity index (χ0n) is 19.8. The van der Waals surface area contributed by atoms with Crippen molar-refractivity contribution in [2.45, 2.75) is 25.6 Å². The Kier molecular flexibility index (Phi) is 5.10. The van der Waals surface area contributed by atoms with Crippen molar-refractivity contribution in [1.82, 2.24) is 30.0 Å². The van der Waals surface area contributed by atoms with Gasteiger partial charge in [-0.05, 0) is 61.3 Å². The number of aromatic amines is 1. The number of hydrogen-bond donors (Lipinski definition) is 3. The third-order valence-electron chi connectivity index (χ3n) is 7.11. The van der Waals surface area contributed by atoms with Crippen molar-refractivity contribution in [2.24, 2.45) is 0 Å². The van der Waals surface area contributed by atoms with Crippen LogP contribution < -0.4 is 10.6 Å². The molecule has 1 atom stereocenters. The number of hydrogen-bond acceptors (Lipinski definition) is 7. The molecular weight excluding hydrogens is 448 g/mol. The van der Waals surface area contributed by atoms with Gasteiger partial charge in [-0.3, -0.25) is 25.0 Å². The van der Waals surface area contributed by atoms with Crippen LogP contribution in [0.5, 0.6) is 0 Å². The maximum Gasteiger partial charge on any atom is 0.141 e. The summed E-state index contributed by atoms with van der Waals surface area (Å²) in [6.45, 7) is 3.31. The van der Waals surface area contributed by atoms with Crippen LogP contribution in [0.3, 0.4) is 0 Å². The molecule has 8 heteroatoms. The van der Waals surface area contributed by atoms with Crippen LogP contribution in [-0.4, -0.2) is 43.1 Å². The molecule has 6 heterocycles. The molecule has 7 rings (SSSR count). The smallest absolute Gasteiger partial charge is 0.141 e. The SMILES string of the molecule is c1cncc(-c2cncc3c2NC(c2[nH]nc4ccc(-c5cncc(CN6CCCC6)c5)cc24)N3)c1. The fourth-order valence-corrected chi connectivity index (χ4v) is 5.31. The van der Waals surface area contributed by atoms with Crippen LogP contribution in [0.4, 0.5) is 11.4 Å². The van der Waals surface area contributed by atoms with Crippen LogP contribution in [0.2, 0.25) is 0 Å². The van der Waals surface area contributed by atoms with E-state index in [2.05, 4.69) is 64.9 Å². The average Bonchev–Trinajstić information content (AvgIpc) is 3.68. The second kappa shape index (κ2) is 8.73. The first-order chi connectivity index (χ1) is 17.8. The van der Waals surface area contributed by atoms with Crippen LogP contribution in [0, 0.1) is 0 Å². The van der Waals surface area contributed by atoms with E-state index in [-0.39, 0.29) is 6.17 Å². The molecule has 36 heavy (non-hydrogen) atoms. The first-order valence-corrected chi connectivity index (χ1v) is 12.4. The molecule has 1 unspecified atom stereocenters. The van der Waals surface area contributed by atoms with Crippen LogP contribution >= 0.6 is 0 Å². The van der Waals surface area contributed by atoms with Crippen LogP contribution in [0.1, 0.15) is 30.3 Å². The van der Waals surface area contributed by atoms with Crippen molar-refractivity contribution >= 4 is 22.3 Å². The Morgan fingerprint density at radius 3 is 2.61 bits per heavy atom. The minimum absolute atomic E-state index is 0.153. The van der Waals surface area contributed by atoms with E-state index in [9.17, 15) is 0 Å². The molecule has 2 aliphatic rings. The third kappa shape index (κ3) is 3.76. The van der Waals surface area contributed by atoms with Crippen molar-refractivity contribution in [1.29, 1.82) is 0 Å². The molecule has 8 nitrogen and oxygen atoms in total. The van der Waals surface area contributed by atoms with E-state index < -0.39 is 0 Å². The highest BCUT2D eigenvalue weighted by Gasteiger charge is 2.27. The highest BCUT2D eigenvalue weighted by Crippen LogP contribution is 2.42. The predicted molar refractivity (Wildman–Crippen MR) is 141 cm³/mol. The van der Waals surface area contributed by atoms with Gasteiger partial charge in [0.25, 0.3) is 0 Å². The third-order valence-corrected chi connectivity index (χ3v) is 7.11. The van der Waals surface area contributed by atoms with E-state index in [1.807, 2.05) is 43.1 Å². The standard InChI is InChI=1S/C28H26N8/c1-2-9-36(8-1)17-18-10-21(14-30-12-18)19-5-6-24-22(11-19)27(35-34-24)28-32-25-16-31-15-23(26(25)33-28)20-4-3-7-29-13-20/h3-7,10-16,28,32-33H,1-2,8-9,17H2,(H,34,35). The Bertz CT molecular complexity index is 1540. The molecule has 5 aromatic rings. The highest BCUT2D eigenvalue weighted by atomic mass is 15.2. The number of benzene rings is 1. The highest BCUT2D eigenvalue weighted by molar-refractivity contribution is 5.92. The van der Waals surface area contributed by atoms with E-state index in [4.69, 9.17) is 0 Å². The second-order valence-corrected chi connectivity index (χ2v) is 9.51. The van der Waals surface area contributed by atoms with Crippen LogP contribution in [0.15, 0.2) is 73.6 Å². The fourth-order valence-electron chi connectivity index (χ4n) is 5.31. The van der Waals surface area contributed by atoms with Gasteiger partial charge in [-0.2, -0.15) is 5.10 Å². The molecule has 178 valence electrons. The van der Waals surface area contributed by atoms with Gasteiger partial charge in [-0.25, -0.2) is 0 Å². The lowest BCUT2D eigenvalue weighted by Crippen LogP contribution is -2.18. The number of aromatic nitrogens is 5. The average molecular weight is 475 g/mol. The van der Waals surface area contributed by atoms with Gasteiger partial charge in [-0.1, -0.05) is 12.1 Å². The van der Waals surface area contributed by atoms with Gasteiger partial charge in [0.15, 0.2) is 0 Å². The summed E-state index contributed by atoms with van der Waals surface area (Å²) < 4.78 is 0. The van der Waals surface area contributed by atoms with Gasteiger partial charge in [0.1, 0.15) is 6.17 Å². The minimum atomic E-state index is -0.153. The maximum absolute atomic E-state index is 4.57. The van der Waals surface area contributed by atoms with Crippen molar-refractivity contribution in [2.75, 3.05) is 23.7 Å². The van der Waals surface area contributed by atoms with Crippen molar-refractivity contribution < 1.29 is 0 Å². The lowest BCUT2D eigenvalue weighted by Gasteiger charge is -2.15. The number of pyridine rings is 3. The van der Waals surface area contributed by atoms with Gasteiger partial charge < -0.3 is 10.6 Å². The summed E-state index contributed by atoms with van der Waals surface area (Å²) in [7, 11) is 0. The molecule has 0 spiro atoms. The van der Waals surface area contributed by atoms with E-state index in [0.29, 0.717) is 0 Å². The van der Waals surface area contributed by atoms with Gasteiger partial charge in [0.05, 0.1) is 28.8 Å². The molecule has 0 radical (unpaired) electrons. The number of rotatable bonds is 5. The number of fused-ring (bicyclic) bond motifs is 2. The number of anilines is 2. The van der Waals surface area contributed by atoms with Crippen molar-refractivity contribution in [3.05, 3.63) is 84.8 Å². The molecule has 0 amide bonds. The van der Waals surface area contributed by atoms with Crippen LogP contribution in [-0.2, 0) is 6.54 Å². The number of H-pyrrole nitrogens is 1. The van der Waals surface area contributed by atoms with E-state index in [0.717, 1.165) is 56.8 Å². The molecule has 4 aromatic heterocycles. The summed E-state index contributed by atoms with van der Waals surface area (Å²) in [5.41, 5.74) is 9.44. The normalized spacial score (nSPS) is 17.2. The molecule has 1 saturated heterocycles. The summed E-state index contributed by atoms with van der Waals surface area (Å²) in [4.78, 5) is 15.8. The molecule has 3 N–H and O–H groups in total. The Balaban J connectivity index is 1.20. The van der Waals surface area contributed by atoms with Crippen LogP contribution in [0.25, 0.3) is 33.2 Å². The summed E-state index contributed by atoms with van der Waals surface area (Å²) in [5, 5.41) is 16.1. The van der Waals surface area contributed by atoms with Gasteiger partial charge in [-0.15, -0.1) is 0 Å². The Morgan fingerprint density at radius 1 is 0.833 bits per heavy atom. The molecule has 2 aliphatic heterocycles. The van der Waals surface area contributed by atoms with Gasteiger partial charge in [0.2, 0.25) is 0 Å². The molecule has 1 aromatic carbocycles. The van der Waals surface area contributed by atoms with E-state index >= 15 is 0 Å². The van der Waals surface area contributed by atoms with Crippen molar-refractivity contribution in [3.63, 3.8) is 0 Å². The van der Waals surface area contributed by atoms with E-state index in [1.165, 1.54) is 31.5 Å². The zero-order valence-corrected chi connectivity index (χ0v) is 19.8. The number of likely N-dealkylation sites (tertiary alicyclic amines) is 1. The minimum Gasteiger partial charge on any atom is -0.358 e. The largest absolute Gasteiger partial charge is 0.358 e. The summed E-state index contributed by atoms with van der Waals surface area (Å²) in [6.07, 6.45) is 13.7. The fraction of sp³-hybridized carbons (Fsp3) is 0.214. The zero-order chi connectivity index (χ0) is 23.9. The quantitative estimate of drug-likeness (QED) is 0.322. The first-order valence-electron chi connectivity index (χ1n) is 12.4. The molecule has 0 saturated carbocycles. The topological polar surface area (TPSA) is 94.7 Å². The molecule has 0 bridgehead atoms. The number of nitrogens with zero attached hydrogens (tertiary/aromatic N) is 5. The summed E-state index contributed by atoms with van der Waals surface area (Å²) >= 11 is 0. The summed E-state index contributed by atoms with van der Waals surface area (Å²) in [6, 6.07) is 12.6. The van der Waals surface area contributed by atoms with Gasteiger partial charge in [0, 0.05) is 59.6 Å². The molecular formula is C28H26N8. The Labute approximate surface area is 208 Å². The monoisotopic (exact) mass is 474 g/mol. The molecule has 1 fully saturated rings. The lowest BCUT2D eigenvalue weighted by molar-refractivity contribution is 0.331. The Morgan fingerprint density at radius 2 is 1.72 bits per heavy atom. The van der Waals surface area contributed by atoms with E-state index in [1.54, 1.807) is 6.20 Å². The number of nitrogens with one attached hydrogen (secondary N) is 3. The summed E-state index contributed by atoms with van der Waals surface area (Å²) in [5.74, 6) is 0. The molecule has 0 aliphatic carbocycles. The first kappa shape index (κ1) is 21.0. The van der Waals surface area contributed by atoms with Crippen molar-refractivity contribution in [3.8, 4) is 22.3 Å². The maximum atomic E-state index is 4.57. The predicted octanol–water partition coefficient (Wildman–Crippen LogP) is 5.21. The second-order valence-electron chi connectivity index (χ2n) is 9.51. The van der Waals surface area contributed by atoms with Gasteiger partial charge >= 0.3 is 0 Å². The Hall–Kier alpha value is -4.30. The lowest BCUT2D eigenvalue weighted by atomic mass is 10.0.